The largest absolute Gasteiger partial charge is 0.364 e. The molecular weight excluding hydrogens is 246 g/mol. The maximum atomic E-state index is 11.8. The molecule has 0 aromatic heterocycles. The Balaban J connectivity index is 2.19. The Kier molecular flexibility index (Phi) is 5.75. The lowest BCUT2D eigenvalue weighted by Gasteiger charge is -2.20. The number of carbonyl (C=O) groups is 2. The molecule has 2 unspecified atom stereocenters. The fourth-order valence-electron chi connectivity index (χ4n) is 1.97. The number of hydrogen-bond donors (Lipinski definition) is 3. The third-order valence-corrected chi connectivity index (χ3v) is 2.83. The van der Waals surface area contributed by atoms with Crippen LogP contribution in [0.3, 0.4) is 0 Å². The van der Waals surface area contributed by atoms with E-state index >= 15 is 0 Å². The van der Waals surface area contributed by atoms with Crippen LogP contribution in [0, 0.1) is 0 Å². The van der Waals surface area contributed by atoms with Crippen molar-refractivity contribution in [3.8, 4) is 0 Å². The zero-order chi connectivity index (χ0) is 14.5. The smallest absolute Gasteiger partial charge is 0.249 e. The highest BCUT2D eigenvalue weighted by Crippen LogP contribution is 2.18. The summed E-state index contributed by atoms with van der Waals surface area (Å²) < 4.78 is 5.47. The summed E-state index contributed by atoms with van der Waals surface area (Å²) in [5.41, 5.74) is 5.24. The molecule has 19 heavy (non-hydrogen) atoms. The van der Waals surface area contributed by atoms with Gasteiger partial charge in [0.2, 0.25) is 11.8 Å². The van der Waals surface area contributed by atoms with Crippen molar-refractivity contribution in [3.05, 3.63) is 0 Å². The highest BCUT2D eigenvalue weighted by Gasteiger charge is 2.29. The van der Waals surface area contributed by atoms with Crippen LogP contribution < -0.4 is 16.4 Å². The first-order valence-corrected chi connectivity index (χ1v) is 6.76. The number of carbonyl (C=O) groups excluding carboxylic acids is 2. The van der Waals surface area contributed by atoms with Crippen LogP contribution in [0.1, 0.15) is 40.0 Å². The van der Waals surface area contributed by atoms with Gasteiger partial charge in [0, 0.05) is 25.0 Å². The molecule has 0 bridgehead atoms. The number of ether oxygens (including phenoxy) is 1. The molecule has 0 saturated carbocycles. The maximum absolute atomic E-state index is 11.8. The van der Waals surface area contributed by atoms with Crippen LogP contribution in [0.4, 0.5) is 0 Å². The Labute approximate surface area is 114 Å². The lowest BCUT2D eigenvalue weighted by molar-refractivity contribution is -0.132. The molecule has 6 nitrogen and oxygen atoms in total. The van der Waals surface area contributed by atoms with Crippen LogP contribution in [-0.4, -0.2) is 42.7 Å². The van der Waals surface area contributed by atoms with E-state index in [0.717, 1.165) is 6.42 Å². The molecule has 1 rings (SSSR count). The van der Waals surface area contributed by atoms with Crippen molar-refractivity contribution in [1.29, 1.82) is 0 Å². The normalized spacial score (nSPS) is 23.2. The molecule has 6 heteroatoms. The van der Waals surface area contributed by atoms with Crippen molar-refractivity contribution in [1.82, 2.24) is 10.6 Å². The zero-order valence-electron chi connectivity index (χ0n) is 12.0. The topological polar surface area (TPSA) is 93.5 Å². The minimum atomic E-state index is -0.417. The van der Waals surface area contributed by atoms with Gasteiger partial charge in [0.05, 0.1) is 6.10 Å². The Bertz CT molecular complexity index is 326. The molecule has 1 aliphatic heterocycles. The van der Waals surface area contributed by atoms with Gasteiger partial charge in [-0.25, -0.2) is 0 Å². The Morgan fingerprint density at radius 2 is 2.00 bits per heavy atom. The third-order valence-electron chi connectivity index (χ3n) is 2.83. The molecule has 1 heterocycles. The molecular formula is C13H25N3O3. The molecule has 1 aliphatic rings. The predicted octanol–water partition coefficient (Wildman–Crippen LogP) is -0.0863. The van der Waals surface area contributed by atoms with Gasteiger partial charge in [-0.05, 0) is 33.6 Å². The Hall–Kier alpha value is -1.14. The van der Waals surface area contributed by atoms with Crippen molar-refractivity contribution in [2.24, 2.45) is 5.73 Å². The van der Waals surface area contributed by atoms with Crippen LogP contribution in [-0.2, 0) is 14.3 Å². The standard InChI is InChI=1S/C13H25N3O3/c1-13(2,3)16-11(17)6-7-15-12(18)10-5-4-9(8-14)19-10/h9-10H,4-8,14H2,1-3H3,(H,15,18)(H,16,17). The first kappa shape index (κ1) is 15.9. The monoisotopic (exact) mass is 271 g/mol. The minimum absolute atomic E-state index is 0.0139. The quantitative estimate of drug-likeness (QED) is 0.651. The van der Waals surface area contributed by atoms with Crippen LogP contribution in [0.5, 0.6) is 0 Å². The Morgan fingerprint density at radius 1 is 1.32 bits per heavy atom. The summed E-state index contributed by atoms with van der Waals surface area (Å²) in [6.45, 7) is 6.53. The van der Waals surface area contributed by atoms with Crippen molar-refractivity contribution in [2.45, 2.75) is 57.8 Å². The van der Waals surface area contributed by atoms with Gasteiger partial charge in [-0.2, -0.15) is 0 Å². The van der Waals surface area contributed by atoms with E-state index in [4.69, 9.17) is 10.5 Å². The summed E-state index contributed by atoms with van der Waals surface area (Å²) >= 11 is 0. The molecule has 4 N–H and O–H groups in total. The zero-order valence-corrected chi connectivity index (χ0v) is 12.0. The maximum Gasteiger partial charge on any atom is 0.249 e. The SMILES string of the molecule is CC(C)(C)NC(=O)CCNC(=O)C1CCC(CN)O1. The second-order valence-electron chi connectivity index (χ2n) is 5.90. The summed E-state index contributed by atoms with van der Waals surface area (Å²) in [4.78, 5) is 23.3. The van der Waals surface area contributed by atoms with E-state index in [2.05, 4.69) is 10.6 Å². The second kappa shape index (κ2) is 6.86. The Morgan fingerprint density at radius 3 is 2.53 bits per heavy atom. The second-order valence-corrected chi connectivity index (χ2v) is 5.90. The average Bonchev–Trinajstić information content (AvgIpc) is 2.74. The van der Waals surface area contributed by atoms with Crippen molar-refractivity contribution < 1.29 is 14.3 Å². The number of nitrogens with one attached hydrogen (secondary N) is 2. The fourth-order valence-corrected chi connectivity index (χ4v) is 1.97. The van der Waals surface area contributed by atoms with E-state index in [1.165, 1.54) is 0 Å². The number of hydrogen-bond acceptors (Lipinski definition) is 4. The van der Waals surface area contributed by atoms with Crippen LogP contribution in [0.25, 0.3) is 0 Å². The molecule has 0 aromatic carbocycles. The van der Waals surface area contributed by atoms with Gasteiger partial charge >= 0.3 is 0 Å². The highest BCUT2D eigenvalue weighted by molar-refractivity contribution is 5.82. The van der Waals surface area contributed by atoms with Gasteiger partial charge in [0.1, 0.15) is 6.10 Å². The van der Waals surface area contributed by atoms with Crippen molar-refractivity contribution in [2.75, 3.05) is 13.1 Å². The number of nitrogens with two attached hydrogens (primary N) is 1. The first-order valence-electron chi connectivity index (χ1n) is 6.76. The van der Waals surface area contributed by atoms with Gasteiger partial charge < -0.3 is 21.1 Å². The summed E-state index contributed by atoms with van der Waals surface area (Å²) in [6, 6.07) is 0. The van der Waals surface area contributed by atoms with Gasteiger partial charge in [-0.3, -0.25) is 9.59 Å². The first-order chi connectivity index (χ1) is 8.81. The fraction of sp³-hybridized carbons (Fsp3) is 0.846. The van der Waals surface area contributed by atoms with Crippen LogP contribution in [0.15, 0.2) is 0 Å². The summed E-state index contributed by atoms with van der Waals surface area (Å²) in [5, 5.41) is 5.56. The van der Waals surface area contributed by atoms with Crippen LogP contribution >= 0.6 is 0 Å². The van der Waals surface area contributed by atoms with E-state index in [9.17, 15) is 9.59 Å². The lowest BCUT2D eigenvalue weighted by atomic mass is 10.1. The highest BCUT2D eigenvalue weighted by atomic mass is 16.5. The lowest BCUT2D eigenvalue weighted by Crippen LogP contribution is -2.43. The van der Waals surface area contributed by atoms with E-state index in [-0.39, 0.29) is 29.9 Å². The molecule has 0 aromatic rings. The van der Waals surface area contributed by atoms with E-state index in [1.807, 2.05) is 20.8 Å². The molecule has 1 saturated heterocycles. The molecule has 110 valence electrons. The van der Waals surface area contributed by atoms with Crippen LogP contribution in [0.2, 0.25) is 0 Å². The third kappa shape index (κ3) is 6.02. The minimum Gasteiger partial charge on any atom is -0.364 e. The van der Waals surface area contributed by atoms with Crippen molar-refractivity contribution >= 4 is 11.8 Å². The molecule has 1 fully saturated rings. The molecule has 2 amide bonds. The molecule has 2 atom stereocenters. The van der Waals surface area contributed by atoms with E-state index < -0.39 is 6.10 Å². The van der Waals surface area contributed by atoms with E-state index in [1.54, 1.807) is 0 Å². The summed E-state index contributed by atoms with van der Waals surface area (Å²) in [5.74, 6) is -0.223. The van der Waals surface area contributed by atoms with Gasteiger partial charge in [-0.1, -0.05) is 0 Å². The van der Waals surface area contributed by atoms with E-state index in [0.29, 0.717) is 19.5 Å². The van der Waals surface area contributed by atoms with Gasteiger partial charge in [0.25, 0.3) is 0 Å². The average molecular weight is 271 g/mol. The van der Waals surface area contributed by atoms with Gasteiger partial charge in [0.15, 0.2) is 0 Å². The van der Waals surface area contributed by atoms with Crippen molar-refractivity contribution in [3.63, 3.8) is 0 Å². The summed E-state index contributed by atoms with van der Waals surface area (Å²) in [6.07, 6.45) is 1.36. The molecule has 0 aliphatic carbocycles. The van der Waals surface area contributed by atoms with Gasteiger partial charge in [-0.15, -0.1) is 0 Å². The number of rotatable bonds is 5. The summed E-state index contributed by atoms with van der Waals surface area (Å²) in [7, 11) is 0. The molecule has 0 spiro atoms. The predicted molar refractivity (Wildman–Crippen MR) is 72.5 cm³/mol. The number of amides is 2. The molecule has 0 radical (unpaired) electrons.